The number of ether oxygens (including phenoxy) is 1. The number of halogens is 2. The molecule has 0 spiro atoms. The van der Waals surface area contributed by atoms with E-state index in [4.69, 9.17) is 27.9 Å². The molecule has 2 rings (SSSR count). The molecule has 1 aromatic heterocycles. The van der Waals surface area contributed by atoms with E-state index in [1.807, 2.05) is 6.92 Å². The smallest absolute Gasteiger partial charge is 0.257 e. The first-order valence-corrected chi connectivity index (χ1v) is 7.21. The van der Waals surface area contributed by atoms with E-state index in [0.717, 1.165) is 12.2 Å². The lowest BCUT2D eigenvalue weighted by molar-refractivity contribution is 0.102. The highest BCUT2D eigenvalue weighted by atomic mass is 35.5. The number of benzene rings is 1. The molecule has 21 heavy (non-hydrogen) atoms. The third-order valence-electron chi connectivity index (χ3n) is 2.64. The second kappa shape index (κ2) is 7.29. The van der Waals surface area contributed by atoms with Gasteiger partial charge in [-0.2, -0.15) is 0 Å². The first-order valence-electron chi connectivity index (χ1n) is 6.45. The highest BCUT2D eigenvalue weighted by Gasteiger charge is 2.09. The van der Waals surface area contributed by atoms with Crippen molar-refractivity contribution in [1.29, 1.82) is 0 Å². The van der Waals surface area contributed by atoms with E-state index < -0.39 is 0 Å². The molecule has 1 aromatic carbocycles. The fourth-order valence-corrected chi connectivity index (χ4v) is 1.87. The quantitative estimate of drug-likeness (QED) is 0.828. The molecule has 0 radical (unpaired) electrons. The Balaban J connectivity index is 2.03. The van der Waals surface area contributed by atoms with Crippen LogP contribution in [-0.2, 0) is 0 Å². The van der Waals surface area contributed by atoms with Gasteiger partial charge in [0.1, 0.15) is 10.9 Å². The van der Waals surface area contributed by atoms with Gasteiger partial charge in [0, 0.05) is 11.9 Å². The second-order valence-electron chi connectivity index (χ2n) is 4.32. The summed E-state index contributed by atoms with van der Waals surface area (Å²) in [4.78, 5) is 15.9. The highest BCUT2D eigenvalue weighted by molar-refractivity contribution is 6.41. The molecule has 0 saturated carbocycles. The number of rotatable bonds is 5. The Hall–Kier alpha value is -1.78. The molecule has 0 saturated heterocycles. The molecule has 0 fully saturated rings. The van der Waals surface area contributed by atoms with Crippen molar-refractivity contribution in [2.75, 3.05) is 11.9 Å². The average molecular weight is 325 g/mol. The van der Waals surface area contributed by atoms with Crippen LogP contribution >= 0.6 is 23.2 Å². The van der Waals surface area contributed by atoms with Gasteiger partial charge in [0.05, 0.1) is 17.2 Å². The number of nitrogens with zero attached hydrogens (tertiary/aromatic N) is 1. The van der Waals surface area contributed by atoms with Crippen LogP contribution in [0.25, 0.3) is 0 Å². The Morgan fingerprint density at radius 3 is 2.62 bits per heavy atom. The summed E-state index contributed by atoms with van der Waals surface area (Å²) in [5.74, 6) is 0.467. The zero-order valence-corrected chi connectivity index (χ0v) is 12.9. The monoisotopic (exact) mass is 324 g/mol. The zero-order valence-electron chi connectivity index (χ0n) is 11.4. The van der Waals surface area contributed by atoms with E-state index in [0.29, 0.717) is 17.9 Å². The van der Waals surface area contributed by atoms with Crippen LogP contribution < -0.4 is 10.1 Å². The van der Waals surface area contributed by atoms with Gasteiger partial charge in [-0.3, -0.25) is 4.79 Å². The van der Waals surface area contributed by atoms with Gasteiger partial charge in [-0.05, 0) is 36.8 Å². The molecule has 0 aliphatic rings. The van der Waals surface area contributed by atoms with Gasteiger partial charge in [-0.25, -0.2) is 4.98 Å². The van der Waals surface area contributed by atoms with Gasteiger partial charge in [-0.1, -0.05) is 30.1 Å². The molecule has 6 heteroatoms. The number of carbonyl (C=O) groups is 1. The number of hydrogen-bond acceptors (Lipinski definition) is 3. The third kappa shape index (κ3) is 4.34. The normalized spacial score (nSPS) is 10.2. The molecule has 1 N–H and O–H groups in total. The molecule has 2 aromatic rings. The van der Waals surface area contributed by atoms with Gasteiger partial charge in [-0.15, -0.1) is 0 Å². The minimum Gasteiger partial charge on any atom is -0.494 e. The molecule has 0 bridgehead atoms. The summed E-state index contributed by atoms with van der Waals surface area (Å²) in [6.07, 6.45) is 2.32. The van der Waals surface area contributed by atoms with Crippen LogP contribution in [0.2, 0.25) is 10.2 Å². The van der Waals surface area contributed by atoms with Crippen molar-refractivity contribution < 1.29 is 9.53 Å². The molecule has 1 heterocycles. The molecule has 1 amide bonds. The van der Waals surface area contributed by atoms with Gasteiger partial charge >= 0.3 is 0 Å². The minimum atomic E-state index is -0.303. The maximum atomic E-state index is 12.1. The maximum absolute atomic E-state index is 12.1. The van der Waals surface area contributed by atoms with Crippen molar-refractivity contribution in [3.05, 3.63) is 52.3 Å². The Morgan fingerprint density at radius 2 is 2.00 bits per heavy atom. The lowest BCUT2D eigenvalue weighted by Crippen LogP contribution is -2.12. The van der Waals surface area contributed by atoms with E-state index in [9.17, 15) is 4.79 Å². The number of amides is 1. The summed E-state index contributed by atoms with van der Waals surface area (Å²) in [5.41, 5.74) is 1.01. The van der Waals surface area contributed by atoms with Crippen LogP contribution in [0.15, 0.2) is 36.5 Å². The minimum absolute atomic E-state index is 0.172. The molecular weight excluding hydrogens is 311 g/mol. The van der Waals surface area contributed by atoms with Gasteiger partial charge in [0.25, 0.3) is 5.91 Å². The predicted molar refractivity (Wildman–Crippen MR) is 84.4 cm³/mol. The Bertz CT molecular complexity index is 630. The second-order valence-corrected chi connectivity index (χ2v) is 5.09. The topological polar surface area (TPSA) is 51.2 Å². The van der Waals surface area contributed by atoms with Crippen molar-refractivity contribution >= 4 is 34.8 Å². The maximum Gasteiger partial charge on any atom is 0.257 e. The van der Waals surface area contributed by atoms with Crippen molar-refractivity contribution in [3.8, 4) is 5.75 Å². The van der Waals surface area contributed by atoms with Crippen LogP contribution in [0.3, 0.4) is 0 Å². The average Bonchev–Trinajstić information content (AvgIpc) is 2.49. The van der Waals surface area contributed by atoms with Crippen LogP contribution in [0.4, 0.5) is 5.69 Å². The first-order chi connectivity index (χ1) is 10.1. The molecule has 0 atom stereocenters. The standard InChI is InChI=1S/C15H14Cl2N2O2/c1-2-7-21-12-5-3-11(4-6-12)19-15(20)10-8-13(16)14(17)18-9-10/h3-6,8-9H,2,7H2,1H3,(H,19,20). The van der Waals surface area contributed by atoms with Crippen molar-refractivity contribution in [3.63, 3.8) is 0 Å². The molecule has 4 nitrogen and oxygen atoms in total. The van der Waals surface area contributed by atoms with Crippen molar-refractivity contribution in [2.45, 2.75) is 13.3 Å². The Kier molecular flexibility index (Phi) is 5.42. The predicted octanol–water partition coefficient (Wildman–Crippen LogP) is 4.43. The lowest BCUT2D eigenvalue weighted by Gasteiger charge is -2.08. The number of anilines is 1. The fraction of sp³-hybridized carbons (Fsp3) is 0.200. The summed E-state index contributed by atoms with van der Waals surface area (Å²) >= 11 is 11.6. The number of nitrogens with one attached hydrogen (secondary N) is 1. The SMILES string of the molecule is CCCOc1ccc(NC(=O)c2cnc(Cl)c(Cl)c2)cc1. The van der Waals surface area contributed by atoms with Crippen LogP contribution in [0.1, 0.15) is 23.7 Å². The molecular formula is C15H14Cl2N2O2. The summed E-state index contributed by atoms with van der Waals surface area (Å²) in [5, 5.41) is 3.17. The molecule has 0 unspecified atom stereocenters. The number of aromatic nitrogens is 1. The zero-order chi connectivity index (χ0) is 15.2. The van der Waals surface area contributed by atoms with E-state index >= 15 is 0 Å². The van der Waals surface area contributed by atoms with Gasteiger partial charge in [0.15, 0.2) is 0 Å². The van der Waals surface area contributed by atoms with E-state index in [1.54, 1.807) is 24.3 Å². The van der Waals surface area contributed by atoms with Crippen molar-refractivity contribution in [1.82, 2.24) is 4.98 Å². The molecule has 0 aliphatic heterocycles. The summed E-state index contributed by atoms with van der Waals surface area (Å²) in [6, 6.07) is 8.63. The van der Waals surface area contributed by atoms with E-state index in [1.165, 1.54) is 12.3 Å². The largest absolute Gasteiger partial charge is 0.494 e. The van der Waals surface area contributed by atoms with E-state index in [-0.39, 0.29) is 16.1 Å². The fourth-order valence-electron chi connectivity index (χ4n) is 1.60. The summed E-state index contributed by atoms with van der Waals surface area (Å²) in [7, 11) is 0. The first kappa shape index (κ1) is 15.6. The van der Waals surface area contributed by atoms with Gasteiger partial charge < -0.3 is 10.1 Å². The highest BCUT2D eigenvalue weighted by Crippen LogP contribution is 2.21. The summed E-state index contributed by atoms with van der Waals surface area (Å²) < 4.78 is 5.47. The van der Waals surface area contributed by atoms with Gasteiger partial charge in [0.2, 0.25) is 0 Å². The van der Waals surface area contributed by atoms with Crippen LogP contribution in [0, 0.1) is 0 Å². The Morgan fingerprint density at radius 1 is 1.29 bits per heavy atom. The molecule has 0 aliphatic carbocycles. The molecule has 110 valence electrons. The third-order valence-corrected chi connectivity index (χ3v) is 3.33. The number of pyridine rings is 1. The van der Waals surface area contributed by atoms with E-state index in [2.05, 4.69) is 10.3 Å². The Labute approximate surface area is 133 Å². The summed E-state index contributed by atoms with van der Waals surface area (Å²) in [6.45, 7) is 2.71. The number of carbonyl (C=O) groups excluding carboxylic acids is 1. The number of hydrogen-bond donors (Lipinski definition) is 1. The lowest BCUT2D eigenvalue weighted by atomic mass is 10.2. The van der Waals surface area contributed by atoms with Crippen LogP contribution in [0.5, 0.6) is 5.75 Å². The van der Waals surface area contributed by atoms with Crippen molar-refractivity contribution in [2.24, 2.45) is 0 Å². The van der Waals surface area contributed by atoms with Crippen LogP contribution in [-0.4, -0.2) is 17.5 Å².